The number of ether oxygens (including phenoxy) is 2. The fraction of sp³-hybridized carbons (Fsp3) is 0.733. The quantitative estimate of drug-likeness (QED) is 0.0442. The number of aliphatic carboxylic acids is 2. The van der Waals surface area contributed by atoms with Gasteiger partial charge < -0.3 is 41.0 Å². The first-order valence-electron chi connectivity index (χ1n) is 15.6. The molecule has 0 unspecified atom stereocenters. The number of carbonyl (C=O) groups is 8. The first kappa shape index (κ1) is 44.5. The number of amides is 4. The lowest BCUT2D eigenvalue weighted by Crippen LogP contribution is -2.54. The molecular formula is C30H50N4O12S2. The molecule has 0 radical (unpaired) electrons. The van der Waals surface area contributed by atoms with Gasteiger partial charge in [-0.2, -0.15) is 0 Å². The molecule has 0 saturated heterocycles. The van der Waals surface area contributed by atoms with Crippen LogP contribution in [0.4, 0.5) is 0 Å². The zero-order chi connectivity index (χ0) is 36.8. The van der Waals surface area contributed by atoms with Gasteiger partial charge in [0, 0.05) is 37.2 Å². The average molecular weight is 723 g/mol. The van der Waals surface area contributed by atoms with Crippen molar-refractivity contribution in [2.24, 2.45) is 11.8 Å². The third kappa shape index (κ3) is 19.3. The van der Waals surface area contributed by atoms with E-state index in [0.717, 1.165) is 21.6 Å². The predicted octanol–water partition coefficient (Wildman–Crippen LogP) is 1.26. The van der Waals surface area contributed by atoms with Crippen molar-refractivity contribution in [3.63, 3.8) is 0 Å². The van der Waals surface area contributed by atoms with Gasteiger partial charge in [0.2, 0.25) is 23.6 Å². The molecule has 0 heterocycles. The van der Waals surface area contributed by atoms with Crippen LogP contribution in [0.25, 0.3) is 0 Å². The van der Waals surface area contributed by atoms with E-state index in [1.165, 1.54) is 14.2 Å². The maximum atomic E-state index is 13.1. The van der Waals surface area contributed by atoms with Crippen molar-refractivity contribution in [2.45, 2.75) is 103 Å². The summed E-state index contributed by atoms with van der Waals surface area (Å²) in [7, 11) is 4.66. The largest absolute Gasteiger partial charge is 0.480 e. The van der Waals surface area contributed by atoms with Crippen molar-refractivity contribution in [1.82, 2.24) is 21.3 Å². The highest BCUT2D eigenvalue weighted by molar-refractivity contribution is 8.76. The van der Waals surface area contributed by atoms with Crippen molar-refractivity contribution in [3.05, 3.63) is 0 Å². The maximum Gasteiger partial charge on any atom is 0.326 e. The number of rotatable bonds is 25. The highest BCUT2D eigenvalue weighted by Crippen LogP contribution is 2.24. The fourth-order valence-electron chi connectivity index (χ4n) is 3.98. The minimum absolute atomic E-state index is 0.000372. The third-order valence-corrected chi connectivity index (χ3v) is 9.26. The minimum Gasteiger partial charge on any atom is -0.480 e. The SMILES string of the molecule is COC(=O)CCCCC(=O)N[C@@H](CSSC[C@H](NC(=O)CCCCC(=O)OC)C(=O)N[C@@H](C(=O)O)C(C)C)C(=O)N[C@@H](C(=O)O)C(C)C. The number of nitrogens with one attached hydrogen (secondary N) is 4. The molecule has 274 valence electrons. The van der Waals surface area contributed by atoms with E-state index in [2.05, 4.69) is 30.7 Å². The first-order chi connectivity index (χ1) is 22.5. The molecule has 18 heteroatoms. The van der Waals surface area contributed by atoms with Crippen LogP contribution >= 0.6 is 21.6 Å². The second kappa shape index (κ2) is 24.6. The normalized spacial score (nSPS) is 13.4. The summed E-state index contributed by atoms with van der Waals surface area (Å²) in [6.45, 7) is 6.47. The maximum absolute atomic E-state index is 13.1. The lowest BCUT2D eigenvalue weighted by atomic mass is 10.0. The number of esters is 2. The Morgan fingerprint density at radius 3 is 1.12 bits per heavy atom. The van der Waals surface area contributed by atoms with Crippen LogP contribution in [0.1, 0.15) is 79.1 Å². The summed E-state index contributed by atoms with van der Waals surface area (Å²) in [5.74, 6) is -6.78. The number of carbonyl (C=O) groups excluding carboxylic acids is 6. The van der Waals surface area contributed by atoms with Gasteiger partial charge in [-0.05, 0) is 37.5 Å². The van der Waals surface area contributed by atoms with Gasteiger partial charge in [0.25, 0.3) is 0 Å². The van der Waals surface area contributed by atoms with E-state index >= 15 is 0 Å². The number of hydrogen-bond acceptors (Lipinski definition) is 12. The molecule has 16 nitrogen and oxygen atoms in total. The summed E-state index contributed by atoms with van der Waals surface area (Å²) >= 11 is 0. The number of methoxy groups -OCH3 is 2. The standard InChI is InChI=1S/C30H50N4O12S2/c1-17(2)25(29(41)42)33-27(39)19(31-21(35)11-7-9-13-23(37)45-5)15-47-48-16-20(28(40)34-26(18(3)4)30(43)44)32-22(36)12-8-10-14-24(38)46-6/h17-20,25-26H,7-16H2,1-6H3,(H,31,35)(H,32,36)(H,33,39)(H,34,40)(H,41,42)(H,43,44)/t19-,20-,25+,26+/m0/s1. The molecule has 0 saturated carbocycles. The summed E-state index contributed by atoms with van der Waals surface area (Å²) in [6, 6.07) is -4.75. The van der Waals surface area contributed by atoms with Crippen LogP contribution in [0.2, 0.25) is 0 Å². The minimum atomic E-state index is -1.25. The summed E-state index contributed by atoms with van der Waals surface area (Å²) in [6.07, 6.45) is 1.70. The lowest BCUT2D eigenvalue weighted by molar-refractivity contribution is -0.143. The van der Waals surface area contributed by atoms with Crippen LogP contribution in [0.15, 0.2) is 0 Å². The molecule has 48 heavy (non-hydrogen) atoms. The number of carboxylic acids is 2. The van der Waals surface area contributed by atoms with Crippen LogP contribution in [-0.2, 0) is 47.8 Å². The Morgan fingerprint density at radius 1 is 0.542 bits per heavy atom. The molecule has 0 aromatic rings. The Labute approximate surface area is 288 Å². The zero-order valence-corrected chi connectivity index (χ0v) is 30.0. The zero-order valence-electron chi connectivity index (χ0n) is 28.3. The van der Waals surface area contributed by atoms with Gasteiger partial charge in [-0.1, -0.05) is 49.3 Å². The summed E-state index contributed by atoms with van der Waals surface area (Å²) in [5.41, 5.74) is 0. The average Bonchev–Trinajstić information content (AvgIpc) is 3.02. The van der Waals surface area contributed by atoms with E-state index in [1.807, 2.05) is 0 Å². The lowest BCUT2D eigenvalue weighted by Gasteiger charge is -2.24. The van der Waals surface area contributed by atoms with Gasteiger partial charge in [-0.15, -0.1) is 0 Å². The molecule has 6 N–H and O–H groups in total. The molecule has 0 spiro atoms. The molecule has 4 amide bonds. The topological polar surface area (TPSA) is 244 Å². The molecular weight excluding hydrogens is 672 g/mol. The van der Waals surface area contributed by atoms with Crippen molar-refractivity contribution < 1.29 is 58.0 Å². The number of hydrogen-bond donors (Lipinski definition) is 6. The molecule has 0 bridgehead atoms. The van der Waals surface area contributed by atoms with Crippen LogP contribution in [0.3, 0.4) is 0 Å². The Kier molecular flexibility index (Phi) is 22.8. The second-order valence-corrected chi connectivity index (χ2v) is 14.1. The highest BCUT2D eigenvalue weighted by atomic mass is 33.1. The molecule has 0 fully saturated rings. The van der Waals surface area contributed by atoms with Gasteiger partial charge in [-0.3, -0.25) is 28.8 Å². The Balaban J connectivity index is 5.59. The third-order valence-electron chi connectivity index (χ3n) is 6.84. The Bertz CT molecular complexity index is 1020. The van der Waals surface area contributed by atoms with Gasteiger partial charge in [0.1, 0.15) is 24.2 Å². The van der Waals surface area contributed by atoms with Crippen LogP contribution in [-0.4, -0.2) is 108 Å². The van der Waals surface area contributed by atoms with Crippen molar-refractivity contribution >= 4 is 69.1 Å². The summed E-state index contributed by atoms with van der Waals surface area (Å²) < 4.78 is 9.15. The molecule has 0 aromatic heterocycles. The highest BCUT2D eigenvalue weighted by Gasteiger charge is 2.31. The van der Waals surface area contributed by atoms with Crippen molar-refractivity contribution in [2.75, 3.05) is 25.7 Å². The molecule has 0 aromatic carbocycles. The van der Waals surface area contributed by atoms with Crippen LogP contribution in [0.5, 0.6) is 0 Å². The van der Waals surface area contributed by atoms with E-state index in [1.54, 1.807) is 27.7 Å². The first-order valence-corrected chi connectivity index (χ1v) is 18.1. The molecule has 4 atom stereocenters. The second-order valence-electron chi connectivity index (χ2n) is 11.5. The summed E-state index contributed by atoms with van der Waals surface area (Å²) in [4.78, 5) is 97.4. The Morgan fingerprint density at radius 2 is 0.854 bits per heavy atom. The molecule has 0 aliphatic rings. The van der Waals surface area contributed by atoms with E-state index in [-0.39, 0.29) is 37.2 Å². The predicted molar refractivity (Wildman–Crippen MR) is 179 cm³/mol. The van der Waals surface area contributed by atoms with Crippen LogP contribution in [0, 0.1) is 11.8 Å². The van der Waals surface area contributed by atoms with E-state index < -0.39 is 83.5 Å². The van der Waals surface area contributed by atoms with Gasteiger partial charge in [0.15, 0.2) is 0 Å². The van der Waals surface area contributed by atoms with Crippen molar-refractivity contribution in [1.29, 1.82) is 0 Å². The summed E-state index contributed by atoms with van der Waals surface area (Å²) in [5, 5.41) is 29.1. The van der Waals surface area contributed by atoms with Gasteiger partial charge in [0.05, 0.1) is 14.2 Å². The van der Waals surface area contributed by atoms with E-state index in [0.29, 0.717) is 25.7 Å². The smallest absolute Gasteiger partial charge is 0.326 e. The van der Waals surface area contributed by atoms with Gasteiger partial charge >= 0.3 is 23.9 Å². The van der Waals surface area contributed by atoms with Gasteiger partial charge in [-0.25, -0.2) is 9.59 Å². The van der Waals surface area contributed by atoms with E-state index in [9.17, 15) is 48.6 Å². The Hall–Kier alpha value is -3.54. The number of carboxylic acid groups (broad SMARTS) is 2. The fourth-order valence-corrected chi connectivity index (χ4v) is 6.31. The monoisotopic (exact) mass is 722 g/mol. The molecule has 0 aliphatic carbocycles. The molecule has 0 rings (SSSR count). The van der Waals surface area contributed by atoms with E-state index in [4.69, 9.17) is 0 Å². The number of unbranched alkanes of at least 4 members (excludes halogenated alkanes) is 2. The van der Waals surface area contributed by atoms with Crippen LogP contribution < -0.4 is 21.3 Å². The van der Waals surface area contributed by atoms with Crippen molar-refractivity contribution in [3.8, 4) is 0 Å². The molecule has 0 aliphatic heterocycles.